The third-order valence-corrected chi connectivity index (χ3v) is 5.17. The van der Waals surface area contributed by atoms with Crippen molar-refractivity contribution >= 4 is 17.5 Å². The Morgan fingerprint density at radius 3 is 2.86 bits per heavy atom. The minimum atomic E-state index is -0.0129. The molecule has 1 saturated heterocycles. The van der Waals surface area contributed by atoms with E-state index in [9.17, 15) is 4.79 Å². The van der Waals surface area contributed by atoms with Crippen molar-refractivity contribution in [3.05, 3.63) is 65.0 Å². The Bertz CT molecular complexity index is 971. The van der Waals surface area contributed by atoms with Gasteiger partial charge in [-0.2, -0.15) is 4.98 Å². The van der Waals surface area contributed by atoms with Gasteiger partial charge in [-0.25, -0.2) is 0 Å². The molecular weight excluding hydrogens is 378 g/mol. The highest BCUT2D eigenvalue weighted by molar-refractivity contribution is 6.30. The van der Waals surface area contributed by atoms with Gasteiger partial charge in [0.15, 0.2) is 0 Å². The summed E-state index contributed by atoms with van der Waals surface area (Å²) in [6, 6.07) is 14.5. The van der Waals surface area contributed by atoms with Gasteiger partial charge in [0.25, 0.3) is 5.91 Å². The van der Waals surface area contributed by atoms with Crippen molar-refractivity contribution in [2.24, 2.45) is 0 Å². The van der Waals surface area contributed by atoms with Crippen LogP contribution in [-0.2, 0) is 0 Å². The van der Waals surface area contributed by atoms with E-state index >= 15 is 0 Å². The van der Waals surface area contributed by atoms with Crippen molar-refractivity contribution < 1.29 is 14.1 Å². The molecule has 6 nitrogen and oxygen atoms in total. The van der Waals surface area contributed by atoms with Gasteiger partial charge >= 0.3 is 0 Å². The maximum Gasteiger partial charge on any atom is 0.254 e. The molecule has 1 aliphatic rings. The Labute approximate surface area is 168 Å². The molecule has 3 aromatic rings. The molecule has 0 radical (unpaired) electrons. The fourth-order valence-corrected chi connectivity index (χ4v) is 3.55. The third kappa shape index (κ3) is 3.87. The predicted molar refractivity (Wildman–Crippen MR) is 106 cm³/mol. The minimum Gasteiger partial charge on any atom is -0.497 e. The number of likely N-dealkylation sites (tertiary alicyclic amines) is 1. The summed E-state index contributed by atoms with van der Waals surface area (Å²) in [5.41, 5.74) is 1.46. The third-order valence-electron chi connectivity index (χ3n) is 4.92. The molecular formula is C21H20ClN3O3. The molecule has 28 heavy (non-hydrogen) atoms. The van der Waals surface area contributed by atoms with Crippen LogP contribution < -0.4 is 4.74 Å². The van der Waals surface area contributed by atoms with Gasteiger partial charge in [-0.1, -0.05) is 22.8 Å². The van der Waals surface area contributed by atoms with Gasteiger partial charge in [0.2, 0.25) is 11.7 Å². The number of methoxy groups -OCH3 is 1. The summed E-state index contributed by atoms with van der Waals surface area (Å²) in [7, 11) is 1.59. The molecule has 0 N–H and O–H groups in total. The summed E-state index contributed by atoms with van der Waals surface area (Å²) in [6.07, 6.45) is 1.79. The first-order valence-corrected chi connectivity index (χ1v) is 9.54. The zero-order valence-corrected chi connectivity index (χ0v) is 16.2. The molecule has 2 aromatic carbocycles. The zero-order chi connectivity index (χ0) is 19.5. The highest BCUT2D eigenvalue weighted by Gasteiger charge is 2.29. The molecule has 0 aliphatic carbocycles. The van der Waals surface area contributed by atoms with Crippen LogP contribution in [0.4, 0.5) is 0 Å². The van der Waals surface area contributed by atoms with E-state index in [0.717, 1.165) is 18.4 Å². The Morgan fingerprint density at radius 2 is 2.07 bits per heavy atom. The number of piperidine rings is 1. The lowest BCUT2D eigenvalue weighted by atomic mass is 9.97. The smallest absolute Gasteiger partial charge is 0.254 e. The average Bonchev–Trinajstić information content (AvgIpc) is 3.24. The second kappa shape index (κ2) is 8.02. The van der Waals surface area contributed by atoms with Crippen LogP contribution in [0.3, 0.4) is 0 Å². The normalized spacial score (nSPS) is 16.8. The van der Waals surface area contributed by atoms with Gasteiger partial charge in [0, 0.05) is 29.2 Å². The SMILES string of the molecule is COc1cccc(C(=O)N2CCC[C@H](c3nc(-c4ccc(Cl)cc4)no3)C2)c1. The van der Waals surface area contributed by atoms with Crippen LogP contribution >= 0.6 is 11.6 Å². The van der Waals surface area contributed by atoms with E-state index in [4.69, 9.17) is 20.9 Å². The lowest BCUT2D eigenvalue weighted by molar-refractivity contribution is 0.0695. The zero-order valence-electron chi connectivity index (χ0n) is 15.5. The molecule has 7 heteroatoms. The van der Waals surface area contributed by atoms with Crippen LogP contribution in [0, 0.1) is 0 Å². The predicted octanol–water partition coefficient (Wildman–Crippen LogP) is 4.42. The molecule has 1 aromatic heterocycles. The highest BCUT2D eigenvalue weighted by Crippen LogP contribution is 2.29. The molecule has 0 spiro atoms. The topological polar surface area (TPSA) is 68.5 Å². The van der Waals surface area contributed by atoms with Gasteiger partial charge in [-0.3, -0.25) is 4.79 Å². The molecule has 0 bridgehead atoms. The maximum atomic E-state index is 12.9. The highest BCUT2D eigenvalue weighted by atomic mass is 35.5. The molecule has 0 saturated carbocycles. The van der Waals surface area contributed by atoms with Crippen molar-refractivity contribution in [2.75, 3.05) is 20.2 Å². The number of hydrogen-bond acceptors (Lipinski definition) is 5. The van der Waals surface area contributed by atoms with Gasteiger partial charge in [0.1, 0.15) is 5.75 Å². The molecule has 2 heterocycles. The number of carbonyl (C=O) groups excluding carboxylic acids is 1. The van der Waals surface area contributed by atoms with E-state index in [1.807, 2.05) is 29.2 Å². The van der Waals surface area contributed by atoms with Crippen molar-refractivity contribution in [1.29, 1.82) is 0 Å². The monoisotopic (exact) mass is 397 g/mol. The molecule has 0 unspecified atom stereocenters. The number of carbonyl (C=O) groups is 1. The quantitative estimate of drug-likeness (QED) is 0.651. The van der Waals surface area contributed by atoms with Crippen molar-refractivity contribution in [1.82, 2.24) is 15.0 Å². The molecule has 1 amide bonds. The van der Waals surface area contributed by atoms with Crippen LogP contribution in [0.15, 0.2) is 53.1 Å². The number of amides is 1. The van der Waals surface area contributed by atoms with E-state index < -0.39 is 0 Å². The number of nitrogens with zero attached hydrogens (tertiary/aromatic N) is 3. The first-order valence-electron chi connectivity index (χ1n) is 9.17. The lowest BCUT2D eigenvalue weighted by Gasteiger charge is -2.31. The number of hydrogen-bond donors (Lipinski definition) is 0. The number of aromatic nitrogens is 2. The number of rotatable bonds is 4. The van der Waals surface area contributed by atoms with E-state index in [0.29, 0.717) is 41.1 Å². The van der Waals surface area contributed by atoms with Crippen LogP contribution in [0.2, 0.25) is 5.02 Å². The van der Waals surface area contributed by atoms with Gasteiger partial charge < -0.3 is 14.2 Å². The van der Waals surface area contributed by atoms with E-state index in [1.165, 1.54) is 0 Å². The summed E-state index contributed by atoms with van der Waals surface area (Å²) in [6.45, 7) is 1.27. The molecule has 1 aliphatic heterocycles. The van der Waals surface area contributed by atoms with Crippen LogP contribution in [0.25, 0.3) is 11.4 Å². The summed E-state index contributed by atoms with van der Waals surface area (Å²) in [5, 5.41) is 4.75. The van der Waals surface area contributed by atoms with Crippen molar-refractivity contribution in [3.63, 3.8) is 0 Å². The minimum absolute atomic E-state index is 0.0129. The number of benzene rings is 2. The van der Waals surface area contributed by atoms with E-state index in [2.05, 4.69) is 10.1 Å². The molecule has 1 atom stereocenters. The Morgan fingerprint density at radius 1 is 1.25 bits per heavy atom. The van der Waals surface area contributed by atoms with E-state index in [1.54, 1.807) is 31.4 Å². The second-order valence-corrected chi connectivity index (χ2v) is 7.22. The number of halogens is 1. The first-order chi connectivity index (χ1) is 13.6. The van der Waals surface area contributed by atoms with Gasteiger partial charge in [-0.05, 0) is 55.3 Å². The maximum absolute atomic E-state index is 12.9. The largest absolute Gasteiger partial charge is 0.497 e. The molecule has 4 rings (SSSR count). The standard InChI is InChI=1S/C21H20ClN3O3/c1-27-18-6-2-4-15(12-18)21(26)25-11-3-5-16(13-25)20-23-19(24-28-20)14-7-9-17(22)10-8-14/h2,4,6-10,12,16H,3,5,11,13H2,1H3/t16-/m0/s1. The van der Waals surface area contributed by atoms with Crippen molar-refractivity contribution in [3.8, 4) is 17.1 Å². The summed E-state index contributed by atoms with van der Waals surface area (Å²) < 4.78 is 10.7. The van der Waals surface area contributed by atoms with Crippen LogP contribution in [-0.4, -0.2) is 41.1 Å². The molecule has 1 fully saturated rings. The van der Waals surface area contributed by atoms with Gasteiger partial charge in [-0.15, -0.1) is 0 Å². The van der Waals surface area contributed by atoms with Gasteiger partial charge in [0.05, 0.1) is 13.0 Å². The fourth-order valence-electron chi connectivity index (χ4n) is 3.42. The Kier molecular flexibility index (Phi) is 5.30. The van der Waals surface area contributed by atoms with Crippen molar-refractivity contribution in [2.45, 2.75) is 18.8 Å². The lowest BCUT2D eigenvalue weighted by Crippen LogP contribution is -2.39. The average molecular weight is 398 g/mol. The number of ether oxygens (including phenoxy) is 1. The second-order valence-electron chi connectivity index (χ2n) is 6.79. The Hall–Kier alpha value is -2.86. The Balaban J connectivity index is 1.49. The van der Waals surface area contributed by atoms with Crippen LogP contribution in [0.1, 0.15) is 35.0 Å². The first kappa shape index (κ1) is 18.5. The summed E-state index contributed by atoms with van der Waals surface area (Å²) >= 11 is 5.93. The molecule has 144 valence electrons. The summed E-state index contributed by atoms with van der Waals surface area (Å²) in [4.78, 5) is 19.3. The van der Waals surface area contributed by atoms with Crippen LogP contribution in [0.5, 0.6) is 5.75 Å². The van der Waals surface area contributed by atoms with E-state index in [-0.39, 0.29) is 11.8 Å². The summed E-state index contributed by atoms with van der Waals surface area (Å²) in [5.74, 6) is 1.78. The fraction of sp³-hybridized carbons (Fsp3) is 0.286.